The lowest BCUT2D eigenvalue weighted by molar-refractivity contribution is -0.143. The van der Waals surface area contributed by atoms with Crippen molar-refractivity contribution in [1.82, 2.24) is 10.2 Å². The molecule has 2 amide bonds. The van der Waals surface area contributed by atoms with Crippen molar-refractivity contribution < 1.29 is 19.5 Å². The summed E-state index contributed by atoms with van der Waals surface area (Å²) in [6.45, 7) is 5.55. The molecule has 0 fully saturated rings. The van der Waals surface area contributed by atoms with Crippen LogP contribution in [-0.4, -0.2) is 46.9 Å². The maximum atomic E-state index is 12.2. The zero-order valence-corrected chi connectivity index (χ0v) is 13.3. The highest BCUT2D eigenvalue weighted by Gasteiger charge is 2.33. The molecule has 0 aromatic heterocycles. The lowest BCUT2D eigenvalue weighted by atomic mass is 9.98. The van der Waals surface area contributed by atoms with Crippen LogP contribution in [0.3, 0.4) is 0 Å². The maximum Gasteiger partial charge on any atom is 0.329 e. The molecule has 1 aromatic carbocycles. The second-order valence-electron chi connectivity index (χ2n) is 5.35. The minimum Gasteiger partial charge on any atom is -0.480 e. The van der Waals surface area contributed by atoms with Gasteiger partial charge < -0.3 is 15.3 Å². The van der Waals surface area contributed by atoms with E-state index in [2.05, 4.69) is 5.32 Å². The lowest BCUT2D eigenvalue weighted by Gasteiger charge is -2.24. The minimum absolute atomic E-state index is 0.186. The molecule has 120 valence electrons. The van der Waals surface area contributed by atoms with E-state index in [9.17, 15) is 19.5 Å². The first-order valence-electron chi connectivity index (χ1n) is 7.16. The van der Waals surface area contributed by atoms with Gasteiger partial charge >= 0.3 is 5.97 Å². The van der Waals surface area contributed by atoms with Crippen LogP contribution in [0.1, 0.15) is 47.9 Å². The fraction of sp³-hybridized carbons (Fsp3) is 0.438. The molecule has 22 heavy (non-hydrogen) atoms. The zero-order chi connectivity index (χ0) is 16.9. The predicted molar refractivity (Wildman–Crippen MR) is 82.9 cm³/mol. The molecule has 0 spiro atoms. The highest BCUT2D eigenvalue weighted by atomic mass is 16.4. The van der Waals surface area contributed by atoms with E-state index < -0.39 is 17.4 Å². The highest BCUT2D eigenvalue weighted by Crippen LogP contribution is 2.13. The topological polar surface area (TPSA) is 86.7 Å². The van der Waals surface area contributed by atoms with Crippen molar-refractivity contribution in [3.05, 3.63) is 35.4 Å². The van der Waals surface area contributed by atoms with Crippen LogP contribution in [0.4, 0.5) is 0 Å². The van der Waals surface area contributed by atoms with Gasteiger partial charge in [0.15, 0.2) is 0 Å². The van der Waals surface area contributed by atoms with Crippen molar-refractivity contribution in [1.29, 1.82) is 0 Å². The van der Waals surface area contributed by atoms with Gasteiger partial charge in [-0.3, -0.25) is 9.59 Å². The fourth-order valence-electron chi connectivity index (χ4n) is 1.77. The number of aliphatic carboxylic acids is 1. The number of amides is 2. The Hall–Kier alpha value is -2.37. The Morgan fingerprint density at radius 2 is 1.82 bits per heavy atom. The number of carbonyl (C=O) groups excluding carboxylic acids is 2. The number of nitrogens with zero attached hydrogens (tertiary/aromatic N) is 1. The molecule has 6 heteroatoms. The first-order chi connectivity index (χ1) is 10.2. The maximum absolute atomic E-state index is 12.2. The molecule has 1 unspecified atom stereocenters. The second kappa shape index (κ2) is 7.06. The Morgan fingerprint density at radius 3 is 2.32 bits per heavy atom. The summed E-state index contributed by atoms with van der Waals surface area (Å²) in [5, 5.41) is 11.7. The van der Waals surface area contributed by atoms with E-state index in [0.29, 0.717) is 12.1 Å². The molecule has 0 aliphatic heterocycles. The molecule has 1 aromatic rings. The molecule has 2 N–H and O–H groups in total. The summed E-state index contributed by atoms with van der Waals surface area (Å²) in [4.78, 5) is 37.1. The van der Waals surface area contributed by atoms with Crippen molar-refractivity contribution in [2.24, 2.45) is 0 Å². The van der Waals surface area contributed by atoms with E-state index in [-0.39, 0.29) is 17.9 Å². The van der Waals surface area contributed by atoms with Crippen molar-refractivity contribution in [3.8, 4) is 0 Å². The highest BCUT2D eigenvalue weighted by molar-refractivity contribution is 6.01. The summed E-state index contributed by atoms with van der Waals surface area (Å²) in [5.74, 6) is -1.80. The number of nitrogens with one attached hydrogen (secondary N) is 1. The summed E-state index contributed by atoms with van der Waals surface area (Å²) < 4.78 is 0. The third-order valence-electron chi connectivity index (χ3n) is 3.76. The quantitative estimate of drug-likeness (QED) is 0.838. The Labute approximate surface area is 130 Å². The third-order valence-corrected chi connectivity index (χ3v) is 3.76. The minimum atomic E-state index is -1.34. The number of carbonyl (C=O) groups is 3. The first kappa shape index (κ1) is 17.7. The van der Waals surface area contributed by atoms with Crippen molar-refractivity contribution in [3.63, 3.8) is 0 Å². The summed E-state index contributed by atoms with van der Waals surface area (Å²) in [7, 11) is 1.67. The van der Waals surface area contributed by atoms with E-state index in [1.165, 1.54) is 17.9 Å². The zero-order valence-electron chi connectivity index (χ0n) is 13.3. The van der Waals surface area contributed by atoms with Crippen molar-refractivity contribution in [2.75, 3.05) is 13.6 Å². The standard InChI is InChI=1S/C16H22N2O4/c1-5-16(3,15(21)22)17-13(19)11-8-7-9-12(10-11)14(20)18(4)6-2/h7-10H,5-6H2,1-4H3,(H,17,19)(H,21,22). The van der Waals surface area contributed by atoms with Crippen molar-refractivity contribution >= 4 is 17.8 Å². The molecule has 0 saturated carbocycles. The van der Waals surface area contributed by atoms with Crippen molar-refractivity contribution in [2.45, 2.75) is 32.7 Å². The molecule has 0 aliphatic rings. The Balaban J connectivity index is 3.01. The van der Waals surface area contributed by atoms with Gasteiger partial charge in [0.05, 0.1) is 0 Å². The van der Waals surface area contributed by atoms with Gasteiger partial charge in [0.1, 0.15) is 5.54 Å². The largest absolute Gasteiger partial charge is 0.480 e. The molecule has 0 bridgehead atoms. The predicted octanol–water partition coefficient (Wildman–Crippen LogP) is 1.76. The monoisotopic (exact) mass is 306 g/mol. The van der Waals surface area contributed by atoms with Gasteiger partial charge in [0.2, 0.25) is 0 Å². The number of hydrogen-bond acceptors (Lipinski definition) is 3. The van der Waals surface area contributed by atoms with Crippen LogP contribution >= 0.6 is 0 Å². The van der Waals surface area contributed by atoms with Gasteiger partial charge in [0, 0.05) is 24.7 Å². The second-order valence-corrected chi connectivity index (χ2v) is 5.35. The van der Waals surface area contributed by atoms with E-state index in [1.807, 2.05) is 6.92 Å². The third kappa shape index (κ3) is 3.84. The summed E-state index contributed by atoms with van der Waals surface area (Å²) in [5.41, 5.74) is -0.682. The summed E-state index contributed by atoms with van der Waals surface area (Å²) in [6.07, 6.45) is 0.255. The van der Waals surface area contributed by atoms with E-state index in [0.717, 1.165) is 0 Å². The number of carboxylic acid groups (broad SMARTS) is 1. The van der Waals surface area contributed by atoms with E-state index in [1.54, 1.807) is 32.2 Å². The van der Waals surface area contributed by atoms with Crippen LogP contribution < -0.4 is 5.32 Å². The van der Waals surface area contributed by atoms with Gasteiger partial charge in [-0.1, -0.05) is 13.0 Å². The average Bonchev–Trinajstić information content (AvgIpc) is 2.52. The van der Waals surface area contributed by atoms with Gasteiger partial charge in [-0.25, -0.2) is 4.79 Å². The van der Waals surface area contributed by atoms with Crippen LogP contribution in [-0.2, 0) is 4.79 Å². The number of rotatable bonds is 6. The molecule has 0 heterocycles. The molecule has 0 radical (unpaired) electrons. The summed E-state index contributed by atoms with van der Waals surface area (Å²) >= 11 is 0. The first-order valence-corrected chi connectivity index (χ1v) is 7.16. The van der Waals surface area contributed by atoms with E-state index >= 15 is 0 Å². The average molecular weight is 306 g/mol. The molecule has 0 saturated heterocycles. The van der Waals surface area contributed by atoms with Gasteiger partial charge in [-0.2, -0.15) is 0 Å². The number of carboxylic acids is 1. The molecule has 6 nitrogen and oxygen atoms in total. The SMILES string of the molecule is CCN(C)C(=O)c1cccc(C(=O)NC(C)(CC)C(=O)O)c1. The van der Waals surface area contributed by atoms with Crippen LogP contribution in [0, 0.1) is 0 Å². The van der Waals surface area contributed by atoms with Crippen LogP contribution in [0.25, 0.3) is 0 Å². The number of hydrogen-bond donors (Lipinski definition) is 2. The smallest absolute Gasteiger partial charge is 0.329 e. The summed E-state index contributed by atoms with van der Waals surface area (Å²) in [6, 6.07) is 6.26. The van der Waals surface area contributed by atoms with Gasteiger partial charge in [-0.15, -0.1) is 0 Å². The number of benzene rings is 1. The fourth-order valence-corrected chi connectivity index (χ4v) is 1.77. The molecular formula is C16H22N2O4. The van der Waals surface area contributed by atoms with Crippen LogP contribution in [0.2, 0.25) is 0 Å². The molecule has 1 atom stereocenters. The normalized spacial score (nSPS) is 13.1. The molecular weight excluding hydrogens is 284 g/mol. The Morgan fingerprint density at radius 1 is 1.23 bits per heavy atom. The van der Waals surface area contributed by atoms with Gasteiger partial charge in [0.25, 0.3) is 11.8 Å². The Kier molecular flexibility index (Phi) is 5.68. The van der Waals surface area contributed by atoms with E-state index in [4.69, 9.17) is 0 Å². The van der Waals surface area contributed by atoms with Gasteiger partial charge in [-0.05, 0) is 38.5 Å². The molecule has 1 rings (SSSR count). The molecule has 0 aliphatic carbocycles. The lowest BCUT2D eigenvalue weighted by Crippen LogP contribution is -2.51. The van der Waals surface area contributed by atoms with Crippen LogP contribution in [0.5, 0.6) is 0 Å². The van der Waals surface area contributed by atoms with Crippen LogP contribution in [0.15, 0.2) is 24.3 Å². The Bertz CT molecular complexity index is 585.